The lowest BCUT2D eigenvalue weighted by molar-refractivity contribution is -0.139. The first kappa shape index (κ1) is 18.3. The van der Waals surface area contributed by atoms with Gasteiger partial charge in [0.05, 0.1) is 6.26 Å². The Bertz CT molecular complexity index is 306. The van der Waals surface area contributed by atoms with Crippen LogP contribution < -0.4 is 0 Å². The summed E-state index contributed by atoms with van der Waals surface area (Å²) in [5.41, 5.74) is 0. The lowest BCUT2D eigenvalue weighted by Gasteiger charge is -1.97. The molecule has 0 fully saturated rings. The van der Waals surface area contributed by atoms with Crippen molar-refractivity contribution in [1.82, 2.24) is 0 Å². The van der Waals surface area contributed by atoms with E-state index < -0.39 is 11.9 Å². The number of carboxylic acid groups (broad SMARTS) is 2. The van der Waals surface area contributed by atoms with Gasteiger partial charge in [-0.05, 0) is 19.8 Å². The van der Waals surface area contributed by atoms with E-state index in [4.69, 9.17) is 10.2 Å². The van der Waals surface area contributed by atoms with Gasteiger partial charge in [0.25, 0.3) is 0 Å². The van der Waals surface area contributed by atoms with Crippen molar-refractivity contribution < 1.29 is 29.3 Å². The second-order valence-electron chi connectivity index (χ2n) is 3.10. The number of unbranched alkanes of at least 4 members (excludes halogenated alkanes) is 1. The quantitative estimate of drug-likeness (QED) is 0.313. The van der Waals surface area contributed by atoms with Gasteiger partial charge in [-0.25, -0.2) is 4.79 Å². The van der Waals surface area contributed by atoms with E-state index in [0.717, 1.165) is 12.3 Å². The summed E-state index contributed by atoms with van der Waals surface area (Å²) in [6.07, 6.45) is 5.02. The number of carbonyl (C=O) groups is 3. The molecule has 0 aromatic heterocycles. The fourth-order valence-electron chi connectivity index (χ4n) is 0.840. The highest BCUT2D eigenvalue weighted by molar-refractivity contribution is 5.79. The van der Waals surface area contributed by atoms with Crippen molar-refractivity contribution >= 4 is 17.9 Å². The molecule has 0 bridgehead atoms. The van der Waals surface area contributed by atoms with Gasteiger partial charge < -0.3 is 14.9 Å². The Morgan fingerprint density at radius 1 is 1.17 bits per heavy atom. The molecule has 0 aromatic carbocycles. The van der Waals surface area contributed by atoms with Crippen LogP contribution in [0.2, 0.25) is 0 Å². The number of esters is 1. The van der Waals surface area contributed by atoms with Crippen molar-refractivity contribution in [3.05, 3.63) is 25.0 Å². The van der Waals surface area contributed by atoms with Gasteiger partial charge >= 0.3 is 17.9 Å². The maximum absolute atomic E-state index is 10.6. The predicted octanol–water partition coefficient (Wildman–Crippen LogP) is 1.97. The molecule has 0 heterocycles. The van der Waals surface area contributed by atoms with E-state index >= 15 is 0 Å². The molecule has 6 nitrogen and oxygen atoms in total. The molecule has 0 aliphatic carbocycles. The van der Waals surface area contributed by atoms with E-state index in [-0.39, 0.29) is 18.8 Å². The molecular weight excluding hydrogens is 240 g/mol. The van der Waals surface area contributed by atoms with Gasteiger partial charge in [0.1, 0.15) is 0 Å². The van der Waals surface area contributed by atoms with Gasteiger partial charge in [0, 0.05) is 18.9 Å². The highest BCUT2D eigenvalue weighted by Gasteiger charge is 2.01. The molecule has 102 valence electrons. The van der Waals surface area contributed by atoms with E-state index in [0.29, 0.717) is 12.8 Å². The predicted molar refractivity (Wildman–Crippen MR) is 64.8 cm³/mol. The molecule has 0 rings (SSSR count). The highest BCUT2D eigenvalue weighted by Crippen LogP contribution is 2.01. The van der Waals surface area contributed by atoms with Crippen LogP contribution in [0.5, 0.6) is 0 Å². The Morgan fingerprint density at radius 3 is 2.06 bits per heavy atom. The first-order valence-corrected chi connectivity index (χ1v) is 5.31. The molecule has 0 atom stereocenters. The molecule has 0 saturated heterocycles. The minimum absolute atomic E-state index is 0.0986. The highest BCUT2D eigenvalue weighted by atomic mass is 16.5. The summed E-state index contributed by atoms with van der Waals surface area (Å²) in [5, 5.41) is 16.1. The first-order valence-electron chi connectivity index (χ1n) is 5.31. The Balaban J connectivity index is 0. The summed E-state index contributed by atoms with van der Waals surface area (Å²) >= 11 is 0. The van der Waals surface area contributed by atoms with Crippen molar-refractivity contribution in [1.29, 1.82) is 0 Å². The third-order valence-electron chi connectivity index (χ3n) is 1.55. The SMILES string of the molecule is C/C=C/C(=O)O.C=COC(=O)CCCCC(=O)O. The molecule has 0 saturated carbocycles. The van der Waals surface area contributed by atoms with Crippen LogP contribution in [0.15, 0.2) is 25.0 Å². The number of allylic oxidation sites excluding steroid dienone is 1. The number of carboxylic acids is 2. The van der Waals surface area contributed by atoms with Crippen LogP contribution in [0.4, 0.5) is 0 Å². The van der Waals surface area contributed by atoms with E-state index in [1.165, 1.54) is 6.08 Å². The summed E-state index contributed by atoms with van der Waals surface area (Å²) in [6.45, 7) is 4.88. The molecule has 18 heavy (non-hydrogen) atoms. The zero-order chi connectivity index (χ0) is 14.4. The van der Waals surface area contributed by atoms with Crippen LogP contribution in [-0.4, -0.2) is 28.1 Å². The fraction of sp³-hybridized carbons (Fsp3) is 0.417. The molecule has 2 N–H and O–H groups in total. The number of rotatable bonds is 7. The van der Waals surface area contributed by atoms with Gasteiger partial charge in [0.2, 0.25) is 0 Å². The van der Waals surface area contributed by atoms with Crippen LogP contribution in [0.3, 0.4) is 0 Å². The molecule has 0 aliphatic heterocycles. The molecule has 0 unspecified atom stereocenters. The van der Waals surface area contributed by atoms with E-state index in [1.807, 2.05) is 0 Å². The average Bonchev–Trinajstić information content (AvgIpc) is 2.25. The normalized spacial score (nSPS) is 9.17. The van der Waals surface area contributed by atoms with Gasteiger partial charge in [0.15, 0.2) is 0 Å². The zero-order valence-corrected chi connectivity index (χ0v) is 10.3. The Hall–Kier alpha value is -2.11. The van der Waals surface area contributed by atoms with Crippen LogP contribution in [0.25, 0.3) is 0 Å². The third-order valence-corrected chi connectivity index (χ3v) is 1.55. The number of ether oxygens (including phenoxy) is 1. The van der Waals surface area contributed by atoms with Gasteiger partial charge in [-0.2, -0.15) is 0 Å². The largest absolute Gasteiger partial charge is 0.481 e. The minimum atomic E-state index is -0.891. The van der Waals surface area contributed by atoms with Crippen molar-refractivity contribution in [3.8, 4) is 0 Å². The van der Waals surface area contributed by atoms with Crippen LogP contribution in [-0.2, 0) is 19.1 Å². The standard InChI is InChI=1S/C8H12O4.C4H6O2/c1-2-12-8(11)6-4-3-5-7(9)10;1-2-3-4(5)6/h2H,1,3-6H2,(H,9,10);2-3H,1H3,(H,5,6)/b;3-2+. The molecule has 0 amide bonds. The van der Waals surface area contributed by atoms with Gasteiger partial charge in [-0.1, -0.05) is 12.7 Å². The van der Waals surface area contributed by atoms with Crippen molar-refractivity contribution in [3.63, 3.8) is 0 Å². The van der Waals surface area contributed by atoms with Crippen molar-refractivity contribution in [2.45, 2.75) is 32.6 Å². The minimum Gasteiger partial charge on any atom is -0.481 e. The second kappa shape index (κ2) is 13.0. The number of hydrogen-bond acceptors (Lipinski definition) is 4. The third kappa shape index (κ3) is 19.5. The van der Waals surface area contributed by atoms with E-state index in [2.05, 4.69) is 11.3 Å². The topological polar surface area (TPSA) is 101 Å². The molecule has 0 aliphatic rings. The summed E-state index contributed by atoms with van der Waals surface area (Å²) in [6, 6.07) is 0. The van der Waals surface area contributed by atoms with Gasteiger partial charge in [-0.3, -0.25) is 9.59 Å². The summed E-state index contributed by atoms with van der Waals surface area (Å²) in [5.74, 6) is -2.10. The molecule has 0 spiro atoms. The summed E-state index contributed by atoms with van der Waals surface area (Å²) in [7, 11) is 0. The van der Waals surface area contributed by atoms with E-state index in [1.54, 1.807) is 6.92 Å². The second-order valence-corrected chi connectivity index (χ2v) is 3.10. The van der Waals surface area contributed by atoms with Crippen molar-refractivity contribution in [2.75, 3.05) is 0 Å². The first-order chi connectivity index (χ1) is 8.43. The lowest BCUT2D eigenvalue weighted by Crippen LogP contribution is -2.00. The Morgan fingerprint density at radius 2 is 1.72 bits per heavy atom. The number of carbonyl (C=O) groups excluding carboxylic acids is 1. The number of aliphatic carboxylic acids is 2. The smallest absolute Gasteiger partial charge is 0.327 e. The summed E-state index contributed by atoms with van der Waals surface area (Å²) < 4.78 is 4.43. The Kier molecular flexibility index (Phi) is 13.1. The van der Waals surface area contributed by atoms with Crippen molar-refractivity contribution in [2.24, 2.45) is 0 Å². The van der Waals surface area contributed by atoms with Gasteiger partial charge in [-0.15, -0.1) is 0 Å². The average molecular weight is 258 g/mol. The molecule has 6 heteroatoms. The Labute approximate surface area is 106 Å². The fourth-order valence-corrected chi connectivity index (χ4v) is 0.840. The zero-order valence-electron chi connectivity index (χ0n) is 10.3. The monoisotopic (exact) mass is 258 g/mol. The summed E-state index contributed by atoms with van der Waals surface area (Å²) in [4.78, 5) is 30.2. The van der Waals surface area contributed by atoms with E-state index in [9.17, 15) is 14.4 Å². The molecular formula is C12H18O6. The maximum Gasteiger partial charge on any atom is 0.327 e. The number of hydrogen-bond donors (Lipinski definition) is 2. The van der Waals surface area contributed by atoms with Crippen LogP contribution in [0, 0.1) is 0 Å². The van der Waals surface area contributed by atoms with Crippen LogP contribution >= 0.6 is 0 Å². The molecule has 0 radical (unpaired) electrons. The van der Waals surface area contributed by atoms with Crippen LogP contribution in [0.1, 0.15) is 32.6 Å². The molecule has 0 aromatic rings. The maximum atomic E-state index is 10.6. The lowest BCUT2D eigenvalue weighted by atomic mass is 10.2.